The van der Waals surface area contributed by atoms with Crippen molar-refractivity contribution in [3.63, 3.8) is 0 Å². The third kappa shape index (κ3) is 3.57. The molecule has 2 N–H and O–H groups in total. The van der Waals surface area contributed by atoms with Gasteiger partial charge in [0.25, 0.3) is 11.8 Å². The molecule has 0 bridgehead atoms. The van der Waals surface area contributed by atoms with Crippen LogP contribution in [-0.4, -0.2) is 27.1 Å². The number of hydrogen-bond acceptors (Lipinski definition) is 6. The van der Waals surface area contributed by atoms with Crippen molar-refractivity contribution in [1.82, 2.24) is 10.1 Å². The van der Waals surface area contributed by atoms with Crippen molar-refractivity contribution in [3.8, 4) is 11.5 Å². The molecule has 1 saturated carbocycles. The number of aliphatic carboxylic acids is 1. The number of carboxylic acid groups (broad SMARTS) is 1. The van der Waals surface area contributed by atoms with Crippen LogP contribution in [0.2, 0.25) is 0 Å². The fourth-order valence-corrected chi connectivity index (χ4v) is 5.88. The average Bonchev–Trinajstić information content (AvgIpc) is 3.36. The van der Waals surface area contributed by atoms with Crippen LogP contribution in [0.25, 0.3) is 11.5 Å². The minimum absolute atomic E-state index is 0.240. The Bertz CT molecular complexity index is 1050. The molecule has 7 nitrogen and oxygen atoms in total. The van der Waals surface area contributed by atoms with Crippen LogP contribution in [-0.2, 0) is 22.4 Å². The quantitative estimate of drug-likeness (QED) is 0.717. The molecular weight excluding hydrogens is 402 g/mol. The molecular formula is C22H25N3O4S. The first-order valence-corrected chi connectivity index (χ1v) is 11.6. The van der Waals surface area contributed by atoms with Gasteiger partial charge in [-0.3, -0.25) is 4.79 Å². The monoisotopic (exact) mass is 427 g/mol. The molecule has 1 atom stereocenters. The summed E-state index contributed by atoms with van der Waals surface area (Å²) in [5, 5.41) is 17.4. The average molecular weight is 428 g/mol. The van der Waals surface area contributed by atoms with E-state index < -0.39 is 5.97 Å². The lowest BCUT2D eigenvalue weighted by Gasteiger charge is -2.18. The molecule has 1 fully saturated rings. The number of carbonyl (C=O) groups excluding carboxylic acids is 1. The maximum Gasteiger partial charge on any atom is 0.332 e. The maximum absolute atomic E-state index is 13.1. The third-order valence-electron chi connectivity index (χ3n) is 6.34. The van der Waals surface area contributed by atoms with Crippen molar-refractivity contribution in [2.75, 3.05) is 5.32 Å². The highest BCUT2D eigenvalue weighted by atomic mass is 32.1. The van der Waals surface area contributed by atoms with Crippen LogP contribution in [0, 0.1) is 5.92 Å². The van der Waals surface area contributed by atoms with Gasteiger partial charge in [-0.2, -0.15) is 4.98 Å². The molecule has 0 radical (unpaired) electrons. The van der Waals surface area contributed by atoms with Crippen LogP contribution in [0.4, 0.5) is 5.00 Å². The smallest absolute Gasteiger partial charge is 0.332 e. The lowest BCUT2D eigenvalue weighted by atomic mass is 9.88. The molecule has 8 heteroatoms. The summed E-state index contributed by atoms with van der Waals surface area (Å²) in [5.74, 6) is 0.884. The minimum atomic E-state index is -0.995. The van der Waals surface area contributed by atoms with Crippen LogP contribution in [0.15, 0.2) is 15.7 Å². The molecule has 158 valence electrons. The van der Waals surface area contributed by atoms with Crippen molar-refractivity contribution >= 4 is 28.2 Å². The normalized spacial score (nSPS) is 21.4. The van der Waals surface area contributed by atoms with E-state index >= 15 is 0 Å². The lowest BCUT2D eigenvalue weighted by Crippen LogP contribution is -2.21. The molecule has 3 aliphatic carbocycles. The Morgan fingerprint density at radius 3 is 2.63 bits per heavy atom. The van der Waals surface area contributed by atoms with Gasteiger partial charge in [-0.15, -0.1) is 11.3 Å². The summed E-state index contributed by atoms with van der Waals surface area (Å²) >= 11 is 1.57. The molecule has 0 aliphatic heterocycles. The first-order chi connectivity index (χ1) is 14.5. The van der Waals surface area contributed by atoms with Crippen LogP contribution < -0.4 is 5.32 Å². The number of thiophene rings is 1. The first kappa shape index (κ1) is 19.5. The van der Waals surface area contributed by atoms with Crippen LogP contribution in [0.5, 0.6) is 0 Å². The van der Waals surface area contributed by atoms with Crippen LogP contribution in [0.1, 0.15) is 74.1 Å². The predicted octanol–water partition coefficient (Wildman–Crippen LogP) is 4.69. The number of hydrogen-bond donors (Lipinski definition) is 2. The minimum Gasteiger partial charge on any atom is -0.478 e. The molecule has 2 aromatic heterocycles. The zero-order valence-electron chi connectivity index (χ0n) is 17.0. The summed E-state index contributed by atoms with van der Waals surface area (Å²) in [6, 6.07) is 0. The Kier molecular flexibility index (Phi) is 4.97. The van der Waals surface area contributed by atoms with Crippen LogP contribution in [0.3, 0.4) is 0 Å². The zero-order chi connectivity index (χ0) is 20.8. The van der Waals surface area contributed by atoms with E-state index in [1.165, 1.54) is 10.4 Å². The Hall–Kier alpha value is -2.48. The van der Waals surface area contributed by atoms with Gasteiger partial charge in [0.1, 0.15) is 5.00 Å². The second-order valence-corrected chi connectivity index (χ2v) is 9.82. The highest BCUT2D eigenvalue weighted by Gasteiger charge is 2.33. The van der Waals surface area contributed by atoms with E-state index in [2.05, 4.69) is 22.4 Å². The molecule has 0 aromatic carbocycles. The number of carbonyl (C=O) groups is 2. The second-order valence-electron chi connectivity index (χ2n) is 8.71. The molecule has 2 aromatic rings. The van der Waals surface area contributed by atoms with E-state index in [0.29, 0.717) is 41.1 Å². The lowest BCUT2D eigenvalue weighted by molar-refractivity contribution is -0.133. The van der Waals surface area contributed by atoms with E-state index in [0.717, 1.165) is 56.3 Å². The molecule has 0 saturated heterocycles. The van der Waals surface area contributed by atoms with Crippen molar-refractivity contribution in [1.29, 1.82) is 0 Å². The number of carboxylic acids is 1. The molecule has 5 rings (SSSR count). The van der Waals surface area contributed by atoms with Gasteiger partial charge in [0.2, 0.25) is 0 Å². The van der Waals surface area contributed by atoms with Gasteiger partial charge < -0.3 is 14.9 Å². The van der Waals surface area contributed by atoms with Gasteiger partial charge in [-0.05, 0) is 69.3 Å². The van der Waals surface area contributed by atoms with E-state index in [9.17, 15) is 14.7 Å². The number of amides is 1. The van der Waals surface area contributed by atoms with Gasteiger partial charge in [0.05, 0.1) is 5.56 Å². The predicted molar refractivity (Wildman–Crippen MR) is 113 cm³/mol. The topological polar surface area (TPSA) is 105 Å². The zero-order valence-corrected chi connectivity index (χ0v) is 17.8. The number of nitrogens with zero attached hydrogens (tertiary/aromatic N) is 2. The van der Waals surface area contributed by atoms with Gasteiger partial charge in [-0.1, -0.05) is 12.1 Å². The van der Waals surface area contributed by atoms with Crippen molar-refractivity contribution in [2.45, 2.75) is 70.6 Å². The summed E-state index contributed by atoms with van der Waals surface area (Å²) in [6.45, 7) is 2.24. The summed E-state index contributed by atoms with van der Waals surface area (Å²) in [7, 11) is 0. The third-order valence-corrected chi connectivity index (χ3v) is 7.51. The van der Waals surface area contributed by atoms with Gasteiger partial charge in [0, 0.05) is 21.9 Å². The highest BCUT2D eigenvalue weighted by Crippen LogP contribution is 2.46. The molecule has 0 spiro atoms. The number of rotatable bonds is 5. The van der Waals surface area contributed by atoms with Crippen LogP contribution >= 0.6 is 11.3 Å². The fourth-order valence-electron chi connectivity index (χ4n) is 4.48. The Labute approximate surface area is 178 Å². The first-order valence-electron chi connectivity index (χ1n) is 10.8. The van der Waals surface area contributed by atoms with Crippen molar-refractivity contribution in [2.24, 2.45) is 5.92 Å². The van der Waals surface area contributed by atoms with Crippen molar-refractivity contribution in [3.05, 3.63) is 27.4 Å². The number of nitrogens with one attached hydrogen (secondary N) is 1. The summed E-state index contributed by atoms with van der Waals surface area (Å²) < 4.78 is 5.62. The summed E-state index contributed by atoms with van der Waals surface area (Å²) in [5.41, 5.74) is 2.66. The molecule has 3 aliphatic rings. The van der Waals surface area contributed by atoms with Gasteiger partial charge in [0.15, 0.2) is 5.82 Å². The standard InChI is InChI=1S/C22H25N3O4S/c1-11-6-9-15-16(10-11)30-21(17(15)20-23-18(25-29-20)12-7-8-12)24-19(26)13-4-2-3-5-14(13)22(27)28/h11-12H,2-10H2,1H3,(H,24,26)(H,27,28)/t11-/m0/s1. The van der Waals surface area contributed by atoms with Gasteiger partial charge in [-0.25, -0.2) is 4.79 Å². The Balaban J connectivity index is 1.52. The SMILES string of the molecule is C[C@H]1CCc2c(sc(NC(=O)C3=C(C(=O)O)CCCC3)c2-c2nc(C3CC3)no2)C1. The van der Waals surface area contributed by atoms with Gasteiger partial charge >= 0.3 is 5.97 Å². The number of fused-ring (bicyclic) bond motifs is 1. The Morgan fingerprint density at radius 2 is 1.90 bits per heavy atom. The second kappa shape index (κ2) is 7.65. The van der Waals surface area contributed by atoms with E-state index in [4.69, 9.17) is 4.52 Å². The van der Waals surface area contributed by atoms with E-state index in [1.54, 1.807) is 11.3 Å². The van der Waals surface area contributed by atoms with E-state index in [-0.39, 0.29) is 11.5 Å². The summed E-state index contributed by atoms with van der Waals surface area (Å²) in [4.78, 5) is 30.6. The molecule has 0 unspecified atom stereocenters. The van der Waals surface area contributed by atoms with E-state index in [1.807, 2.05) is 0 Å². The van der Waals surface area contributed by atoms with Crippen molar-refractivity contribution < 1.29 is 19.2 Å². The number of anilines is 1. The summed E-state index contributed by atoms with van der Waals surface area (Å²) in [6.07, 6.45) is 7.73. The fraction of sp³-hybridized carbons (Fsp3) is 0.545. The molecule has 1 amide bonds. The largest absolute Gasteiger partial charge is 0.478 e. The number of aromatic nitrogens is 2. The maximum atomic E-state index is 13.1. The Morgan fingerprint density at radius 1 is 1.13 bits per heavy atom. The molecule has 30 heavy (non-hydrogen) atoms. The highest BCUT2D eigenvalue weighted by molar-refractivity contribution is 7.17. The molecule has 2 heterocycles.